The van der Waals surface area contributed by atoms with Crippen molar-refractivity contribution in [3.63, 3.8) is 0 Å². The van der Waals surface area contributed by atoms with Crippen molar-refractivity contribution in [2.45, 2.75) is 31.7 Å². The Hall–Kier alpha value is -3.24. The quantitative estimate of drug-likeness (QED) is 0.469. The minimum atomic E-state index is -0.250. The molecule has 2 atom stereocenters. The molecule has 2 aliphatic rings. The number of halogens is 1. The Labute approximate surface area is 193 Å². The fourth-order valence-electron chi connectivity index (χ4n) is 4.66. The maximum Gasteiger partial charge on any atom is 0.163 e. The van der Waals surface area contributed by atoms with E-state index >= 15 is 0 Å². The molecule has 0 unspecified atom stereocenters. The van der Waals surface area contributed by atoms with Gasteiger partial charge in [-0.05, 0) is 66.8 Å². The van der Waals surface area contributed by atoms with Crippen molar-refractivity contribution < 1.29 is 9.53 Å². The van der Waals surface area contributed by atoms with Gasteiger partial charge in [-0.15, -0.1) is 0 Å². The van der Waals surface area contributed by atoms with Gasteiger partial charge in [-0.2, -0.15) is 0 Å². The van der Waals surface area contributed by atoms with Crippen molar-refractivity contribution in [3.05, 3.63) is 100 Å². The first-order valence-corrected chi connectivity index (χ1v) is 11.4. The smallest absolute Gasteiger partial charge is 0.163 e. The molecule has 5 rings (SSSR count). The number of allylic oxidation sites excluding steroid dienone is 1. The van der Waals surface area contributed by atoms with Crippen molar-refractivity contribution in [1.29, 1.82) is 0 Å². The van der Waals surface area contributed by atoms with Crippen LogP contribution in [0.2, 0.25) is 5.02 Å². The highest BCUT2D eigenvalue weighted by molar-refractivity contribution is 6.30. The van der Waals surface area contributed by atoms with Gasteiger partial charge in [0.25, 0.3) is 0 Å². The number of anilines is 2. The Balaban J connectivity index is 1.59. The van der Waals surface area contributed by atoms with Crippen LogP contribution in [0.3, 0.4) is 0 Å². The standard InChI is InChI=1S/C27H25ClN2O2/c1-2-32-21-7-5-6-18(14-21)27-26-24(29-22-8-3-4-9-23(22)30-27)15-19(16-25(26)31)17-10-12-20(28)13-11-17/h3-14,19,27,29-30H,2,15-16H2,1H3/t19-,27-/m0/s1. The third kappa shape index (κ3) is 3.98. The highest BCUT2D eigenvalue weighted by atomic mass is 35.5. The summed E-state index contributed by atoms with van der Waals surface area (Å²) in [7, 11) is 0. The second kappa shape index (κ2) is 8.71. The SMILES string of the molecule is CCOc1cccc([C@@H]2Nc3ccccc3NC3=C2C(=O)C[C@@H](c2ccc(Cl)cc2)C3)c1. The zero-order valence-corrected chi connectivity index (χ0v) is 18.7. The Kier molecular flexibility index (Phi) is 5.62. The maximum absolute atomic E-state index is 13.6. The van der Waals surface area contributed by atoms with E-state index in [2.05, 4.69) is 16.7 Å². The third-order valence-electron chi connectivity index (χ3n) is 6.15. The molecular formula is C27H25ClN2O2. The number of Topliss-reactive ketones (excluding diaryl/α,β-unsaturated/α-hetero) is 1. The molecule has 0 radical (unpaired) electrons. The molecule has 32 heavy (non-hydrogen) atoms. The van der Waals surface area contributed by atoms with E-state index < -0.39 is 0 Å². The van der Waals surface area contributed by atoms with E-state index in [4.69, 9.17) is 16.3 Å². The van der Waals surface area contributed by atoms with Crippen molar-refractivity contribution in [2.75, 3.05) is 17.2 Å². The van der Waals surface area contributed by atoms with E-state index in [0.29, 0.717) is 18.1 Å². The summed E-state index contributed by atoms with van der Waals surface area (Å²) in [6.45, 7) is 2.57. The molecule has 162 valence electrons. The van der Waals surface area contributed by atoms with Gasteiger partial charge >= 0.3 is 0 Å². The molecule has 0 saturated heterocycles. The zero-order valence-electron chi connectivity index (χ0n) is 17.9. The normalized spacial score (nSPS) is 19.9. The summed E-state index contributed by atoms with van der Waals surface area (Å²) in [6.07, 6.45) is 1.24. The molecule has 0 fully saturated rings. The summed E-state index contributed by atoms with van der Waals surface area (Å²) < 4.78 is 5.73. The molecular weight excluding hydrogens is 420 g/mol. The van der Waals surface area contributed by atoms with Crippen LogP contribution in [0, 0.1) is 0 Å². The number of fused-ring (bicyclic) bond motifs is 1. The second-order valence-corrected chi connectivity index (χ2v) is 8.66. The predicted molar refractivity (Wildman–Crippen MR) is 129 cm³/mol. The Morgan fingerprint density at radius 2 is 1.72 bits per heavy atom. The largest absolute Gasteiger partial charge is 0.494 e. The number of rotatable bonds is 4. The summed E-state index contributed by atoms with van der Waals surface area (Å²) >= 11 is 6.08. The number of hydrogen-bond donors (Lipinski definition) is 2. The predicted octanol–water partition coefficient (Wildman–Crippen LogP) is 6.72. The maximum atomic E-state index is 13.6. The van der Waals surface area contributed by atoms with E-state index in [1.807, 2.05) is 73.7 Å². The summed E-state index contributed by atoms with van der Waals surface area (Å²) in [5.41, 5.74) is 5.89. The van der Waals surface area contributed by atoms with Crippen LogP contribution in [0.1, 0.15) is 42.9 Å². The van der Waals surface area contributed by atoms with Crippen LogP contribution in [0.5, 0.6) is 5.75 Å². The molecule has 0 amide bonds. The lowest BCUT2D eigenvalue weighted by Gasteiger charge is -2.30. The molecule has 0 saturated carbocycles. The number of carbonyl (C=O) groups is 1. The molecule has 0 spiro atoms. The van der Waals surface area contributed by atoms with Crippen molar-refractivity contribution in [1.82, 2.24) is 0 Å². The van der Waals surface area contributed by atoms with Crippen LogP contribution < -0.4 is 15.4 Å². The summed E-state index contributed by atoms with van der Waals surface area (Å²) in [5, 5.41) is 7.91. The van der Waals surface area contributed by atoms with Crippen LogP contribution >= 0.6 is 11.6 Å². The van der Waals surface area contributed by atoms with Gasteiger partial charge in [-0.1, -0.05) is 48.0 Å². The van der Waals surface area contributed by atoms with Crippen LogP contribution in [-0.4, -0.2) is 12.4 Å². The number of para-hydroxylation sites is 2. The third-order valence-corrected chi connectivity index (χ3v) is 6.40. The minimum absolute atomic E-state index is 0.117. The van der Waals surface area contributed by atoms with Crippen molar-refractivity contribution in [2.24, 2.45) is 0 Å². The van der Waals surface area contributed by atoms with Crippen LogP contribution in [-0.2, 0) is 4.79 Å². The monoisotopic (exact) mass is 444 g/mol. The lowest BCUT2D eigenvalue weighted by atomic mass is 9.78. The fourth-order valence-corrected chi connectivity index (χ4v) is 4.79. The first-order valence-electron chi connectivity index (χ1n) is 11.0. The Bertz CT molecular complexity index is 1190. The van der Waals surface area contributed by atoms with E-state index in [1.54, 1.807) is 0 Å². The molecule has 2 N–H and O–H groups in total. The first-order chi connectivity index (χ1) is 15.6. The van der Waals surface area contributed by atoms with Gasteiger partial charge < -0.3 is 15.4 Å². The molecule has 3 aromatic rings. The number of ketones is 1. The van der Waals surface area contributed by atoms with Crippen LogP contribution in [0.4, 0.5) is 11.4 Å². The molecule has 4 nitrogen and oxygen atoms in total. The average molecular weight is 445 g/mol. The summed E-state index contributed by atoms with van der Waals surface area (Å²) in [4.78, 5) is 13.6. The van der Waals surface area contributed by atoms with Gasteiger partial charge in [0.15, 0.2) is 5.78 Å². The minimum Gasteiger partial charge on any atom is -0.494 e. The van der Waals surface area contributed by atoms with E-state index in [0.717, 1.165) is 45.9 Å². The molecule has 1 aliphatic heterocycles. The summed E-state index contributed by atoms with van der Waals surface area (Å²) in [6, 6.07) is 23.7. The number of carbonyl (C=O) groups excluding carboxylic acids is 1. The highest BCUT2D eigenvalue weighted by Crippen LogP contribution is 2.44. The van der Waals surface area contributed by atoms with Crippen molar-refractivity contribution >= 4 is 28.8 Å². The summed E-state index contributed by atoms with van der Waals surface area (Å²) in [5.74, 6) is 1.08. The van der Waals surface area contributed by atoms with Gasteiger partial charge in [0.2, 0.25) is 0 Å². The number of ether oxygens (including phenoxy) is 1. The molecule has 1 heterocycles. The van der Waals surface area contributed by atoms with Gasteiger partial charge in [-0.25, -0.2) is 0 Å². The molecule has 5 heteroatoms. The topological polar surface area (TPSA) is 50.4 Å². The molecule has 0 aromatic heterocycles. The Morgan fingerprint density at radius 1 is 0.938 bits per heavy atom. The average Bonchev–Trinajstić information content (AvgIpc) is 2.97. The second-order valence-electron chi connectivity index (χ2n) is 8.23. The number of nitrogens with one attached hydrogen (secondary N) is 2. The van der Waals surface area contributed by atoms with Gasteiger partial charge in [0.1, 0.15) is 5.75 Å². The number of benzene rings is 3. The van der Waals surface area contributed by atoms with E-state index in [9.17, 15) is 4.79 Å². The van der Waals surface area contributed by atoms with Crippen LogP contribution in [0.25, 0.3) is 0 Å². The fraction of sp³-hybridized carbons (Fsp3) is 0.222. The van der Waals surface area contributed by atoms with E-state index in [1.165, 1.54) is 0 Å². The first kappa shape index (κ1) is 20.7. The van der Waals surface area contributed by atoms with Crippen molar-refractivity contribution in [3.8, 4) is 5.75 Å². The molecule has 0 bridgehead atoms. The van der Waals surface area contributed by atoms with Crippen LogP contribution in [0.15, 0.2) is 84.1 Å². The zero-order chi connectivity index (χ0) is 22.1. The molecule has 3 aromatic carbocycles. The lowest BCUT2D eigenvalue weighted by molar-refractivity contribution is -0.116. The Morgan fingerprint density at radius 3 is 2.50 bits per heavy atom. The molecule has 1 aliphatic carbocycles. The van der Waals surface area contributed by atoms with Gasteiger partial charge in [-0.3, -0.25) is 4.79 Å². The number of hydrogen-bond acceptors (Lipinski definition) is 4. The van der Waals surface area contributed by atoms with Gasteiger partial charge in [0.05, 0.1) is 24.0 Å². The lowest BCUT2D eigenvalue weighted by Crippen LogP contribution is -2.26. The van der Waals surface area contributed by atoms with E-state index in [-0.39, 0.29) is 17.7 Å². The highest BCUT2D eigenvalue weighted by Gasteiger charge is 2.36. The van der Waals surface area contributed by atoms with Gasteiger partial charge in [0, 0.05) is 22.7 Å².